The molecule has 188 valence electrons. The van der Waals surface area contributed by atoms with Gasteiger partial charge in [0.25, 0.3) is 10.0 Å². The number of hydrogen-bond donors (Lipinski definition) is 0. The third kappa shape index (κ3) is 5.48. The highest BCUT2D eigenvalue weighted by atomic mass is 79.9. The molecule has 1 unspecified atom stereocenters. The first-order valence-corrected chi connectivity index (χ1v) is 15.6. The zero-order valence-electron chi connectivity index (χ0n) is 19.1. The van der Waals surface area contributed by atoms with Crippen molar-refractivity contribution in [1.29, 1.82) is 0 Å². The summed E-state index contributed by atoms with van der Waals surface area (Å²) in [5.41, 5.74) is 0.827. The van der Waals surface area contributed by atoms with E-state index in [1.807, 2.05) is 18.2 Å². The van der Waals surface area contributed by atoms with Gasteiger partial charge in [0.05, 0.1) is 23.4 Å². The summed E-state index contributed by atoms with van der Waals surface area (Å²) in [7, 11) is -3.71. The Morgan fingerprint density at radius 1 is 1.23 bits per heavy atom. The highest BCUT2D eigenvalue weighted by Crippen LogP contribution is 2.34. The lowest BCUT2D eigenvalue weighted by Gasteiger charge is -2.30. The van der Waals surface area contributed by atoms with Crippen molar-refractivity contribution in [3.8, 4) is 0 Å². The van der Waals surface area contributed by atoms with Gasteiger partial charge in [0, 0.05) is 37.2 Å². The third-order valence-corrected chi connectivity index (χ3v) is 11.2. The number of amides is 1. The molecule has 2 saturated heterocycles. The minimum Gasteiger partial charge on any atom is -0.379 e. The first-order chi connectivity index (χ1) is 16.9. The van der Waals surface area contributed by atoms with Gasteiger partial charge in [0.15, 0.2) is 5.13 Å². The molecule has 12 heteroatoms. The molecule has 1 aromatic carbocycles. The van der Waals surface area contributed by atoms with Crippen molar-refractivity contribution in [3.63, 3.8) is 0 Å². The van der Waals surface area contributed by atoms with Crippen LogP contribution in [0.4, 0.5) is 5.13 Å². The lowest BCUT2D eigenvalue weighted by atomic mass is 10.2. The van der Waals surface area contributed by atoms with Crippen LogP contribution in [-0.4, -0.2) is 80.5 Å². The smallest absolute Gasteiger partial charge is 0.253 e. The molecule has 2 aliphatic rings. The number of thiophene rings is 1. The summed E-state index contributed by atoms with van der Waals surface area (Å²) in [5.74, 6) is -0.192. The number of fused-ring (bicyclic) bond motifs is 1. The van der Waals surface area contributed by atoms with Crippen molar-refractivity contribution in [2.45, 2.75) is 29.5 Å². The minimum absolute atomic E-state index is 0.192. The molecule has 0 aliphatic carbocycles. The molecule has 8 nitrogen and oxygen atoms in total. The lowest BCUT2D eigenvalue weighted by molar-refractivity contribution is -0.121. The van der Waals surface area contributed by atoms with E-state index in [2.05, 4.69) is 20.8 Å². The molecule has 2 aromatic heterocycles. The van der Waals surface area contributed by atoms with Crippen molar-refractivity contribution < 1.29 is 17.9 Å². The van der Waals surface area contributed by atoms with Crippen molar-refractivity contribution in [2.75, 3.05) is 50.8 Å². The summed E-state index contributed by atoms with van der Waals surface area (Å²) in [4.78, 5) is 22.8. The van der Waals surface area contributed by atoms with E-state index in [9.17, 15) is 13.2 Å². The number of thiazole rings is 1. The van der Waals surface area contributed by atoms with Crippen LogP contribution in [0.1, 0.15) is 19.3 Å². The van der Waals surface area contributed by atoms with Gasteiger partial charge in [0.1, 0.15) is 10.3 Å². The van der Waals surface area contributed by atoms with Crippen LogP contribution in [0.5, 0.6) is 0 Å². The van der Waals surface area contributed by atoms with E-state index >= 15 is 0 Å². The fourth-order valence-corrected chi connectivity index (χ4v) is 8.88. The van der Waals surface area contributed by atoms with Gasteiger partial charge >= 0.3 is 0 Å². The Labute approximate surface area is 221 Å². The van der Waals surface area contributed by atoms with Crippen LogP contribution < -0.4 is 4.90 Å². The van der Waals surface area contributed by atoms with Crippen molar-refractivity contribution in [1.82, 2.24) is 14.2 Å². The van der Waals surface area contributed by atoms with Crippen molar-refractivity contribution in [2.24, 2.45) is 0 Å². The largest absolute Gasteiger partial charge is 0.379 e. The van der Waals surface area contributed by atoms with E-state index in [0.717, 1.165) is 54.0 Å². The number of nitrogens with zero attached hydrogens (tertiary/aromatic N) is 4. The molecular weight excluding hydrogens is 572 g/mol. The topological polar surface area (TPSA) is 83.1 Å². The van der Waals surface area contributed by atoms with E-state index in [-0.39, 0.29) is 10.1 Å². The summed E-state index contributed by atoms with van der Waals surface area (Å²) in [6.07, 6.45) is 1.95. The normalized spacial score (nSPS) is 20.0. The summed E-state index contributed by atoms with van der Waals surface area (Å²) in [6, 6.07) is 8.47. The predicted octanol–water partition coefficient (Wildman–Crippen LogP) is 4.03. The molecule has 2 aliphatic heterocycles. The van der Waals surface area contributed by atoms with Crippen molar-refractivity contribution >= 4 is 69.9 Å². The maximum Gasteiger partial charge on any atom is 0.253 e. The fourth-order valence-electron chi connectivity index (χ4n) is 4.56. The van der Waals surface area contributed by atoms with Gasteiger partial charge < -0.3 is 4.74 Å². The number of morpholine rings is 1. The van der Waals surface area contributed by atoms with Crippen LogP contribution in [-0.2, 0) is 19.6 Å². The summed E-state index contributed by atoms with van der Waals surface area (Å²) in [5, 5.41) is 2.36. The van der Waals surface area contributed by atoms with Crippen molar-refractivity contribution in [3.05, 3.63) is 40.2 Å². The Morgan fingerprint density at radius 2 is 2.06 bits per heavy atom. The molecule has 3 aromatic rings. The van der Waals surface area contributed by atoms with Crippen LogP contribution in [0.3, 0.4) is 0 Å². The standard InChI is InChI=1S/C23H27BrN4O4S3/c24-17-6-7-18-20(16-17)34-23(25-18)27(9-3-8-26-11-13-32-14-12-26)22(29)19-4-1-10-28(19)35(30,31)21-5-2-15-33-21/h2,5-7,15-16,19H,1,3-4,8-14H2. The Bertz CT molecular complexity index is 1280. The zero-order chi connectivity index (χ0) is 24.4. The first-order valence-electron chi connectivity index (χ1n) is 11.7. The minimum atomic E-state index is -3.71. The summed E-state index contributed by atoms with van der Waals surface area (Å²) in [6.45, 7) is 4.92. The van der Waals surface area contributed by atoms with Gasteiger partial charge in [0.2, 0.25) is 5.91 Å². The quantitative estimate of drug-likeness (QED) is 0.389. The van der Waals surface area contributed by atoms with E-state index in [4.69, 9.17) is 9.72 Å². The Kier molecular flexibility index (Phi) is 7.87. The van der Waals surface area contributed by atoms with Crippen LogP contribution in [0.15, 0.2) is 44.4 Å². The number of carbonyl (C=O) groups is 1. The highest BCUT2D eigenvalue weighted by Gasteiger charge is 2.42. The van der Waals surface area contributed by atoms with E-state index in [1.165, 1.54) is 27.0 Å². The van der Waals surface area contributed by atoms with Gasteiger partial charge in [-0.25, -0.2) is 13.4 Å². The first kappa shape index (κ1) is 25.2. The number of rotatable bonds is 8. The number of ether oxygens (including phenoxy) is 1. The molecular formula is C23H27BrN4O4S3. The molecule has 0 spiro atoms. The average molecular weight is 600 g/mol. The van der Waals surface area contributed by atoms with Crippen LogP contribution in [0.2, 0.25) is 0 Å². The maximum absolute atomic E-state index is 13.9. The molecule has 0 saturated carbocycles. The molecule has 1 atom stereocenters. The monoisotopic (exact) mass is 598 g/mol. The lowest BCUT2D eigenvalue weighted by Crippen LogP contribution is -2.48. The summed E-state index contributed by atoms with van der Waals surface area (Å²) >= 11 is 6.15. The molecule has 1 amide bonds. The second kappa shape index (κ2) is 10.9. The molecule has 0 bridgehead atoms. The van der Waals surface area contributed by atoms with Crippen LogP contribution >= 0.6 is 38.6 Å². The van der Waals surface area contributed by atoms with Gasteiger partial charge in [-0.2, -0.15) is 4.31 Å². The highest BCUT2D eigenvalue weighted by molar-refractivity contribution is 9.10. The molecule has 0 N–H and O–H groups in total. The molecule has 5 rings (SSSR count). The number of aromatic nitrogens is 1. The molecule has 0 radical (unpaired) electrons. The van der Waals surface area contributed by atoms with E-state index in [1.54, 1.807) is 22.4 Å². The second-order valence-corrected chi connectivity index (χ2v) is 13.6. The van der Waals surface area contributed by atoms with E-state index in [0.29, 0.717) is 31.1 Å². The predicted molar refractivity (Wildman–Crippen MR) is 143 cm³/mol. The Hall–Kier alpha value is -1.41. The molecule has 35 heavy (non-hydrogen) atoms. The van der Waals surface area contributed by atoms with E-state index < -0.39 is 16.1 Å². The van der Waals surface area contributed by atoms with Crippen LogP contribution in [0, 0.1) is 0 Å². The van der Waals surface area contributed by atoms with Gasteiger partial charge in [-0.15, -0.1) is 11.3 Å². The number of carbonyl (C=O) groups excluding carboxylic acids is 1. The zero-order valence-corrected chi connectivity index (χ0v) is 23.2. The number of anilines is 1. The number of hydrogen-bond acceptors (Lipinski definition) is 8. The SMILES string of the molecule is O=C(C1CCCN1S(=O)(=O)c1cccs1)N(CCCN1CCOCC1)c1nc2ccc(Br)cc2s1. The number of halogens is 1. The number of sulfonamides is 1. The Morgan fingerprint density at radius 3 is 2.83 bits per heavy atom. The Balaban J connectivity index is 1.41. The fraction of sp³-hybridized carbons (Fsp3) is 0.478. The van der Waals surface area contributed by atoms with Crippen LogP contribution in [0.25, 0.3) is 10.2 Å². The second-order valence-electron chi connectivity index (χ2n) is 8.61. The van der Waals surface area contributed by atoms with Gasteiger partial charge in [-0.05, 0) is 48.9 Å². The number of benzene rings is 1. The average Bonchev–Trinajstić information content (AvgIpc) is 3.62. The summed E-state index contributed by atoms with van der Waals surface area (Å²) < 4.78 is 35.6. The molecule has 4 heterocycles. The third-order valence-electron chi connectivity index (χ3n) is 6.34. The molecule has 2 fully saturated rings. The van der Waals surface area contributed by atoms with Gasteiger partial charge in [-0.1, -0.05) is 33.3 Å². The van der Waals surface area contributed by atoms with Gasteiger partial charge in [-0.3, -0.25) is 14.6 Å². The maximum atomic E-state index is 13.9.